The fourth-order valence-electron chi connectivity index (χ4n) is 3.95. The van der Waals surface area contributed by atoms with E-state index in [4.69, 9.17) is 19.2 Å². The van der Waals surface area contributed by atoms with Gasteiger partial charge in [-0.1, -0.05) is 18.2 Å². The zero-order chi connectivity index (χ0) is 20.9. The van der Waals surface area contributed by atoms with Crippen LogP contribution < -0.4 is 10.1 Å². The van der Waals surface area contributed by atoms with Gasteiger partial charge in [0.25, 0.3) is 0 Å². The van der Waals surface area contributed by atoms with Crippen LogP contribution in [0.5, 0.6) is 5.75 Å². The molecular formula is C24H40IN3O3. The van der Waals surface area contributed by atoms with Crippen LogP contribution in [0.2, 0.25) is 0 Å². The van der Waals surface area contributed by atoms with Crippen molar-refractivity contribution in [3.63, 3.8) is 0 Å². The Hall–Kier alpha value is -1.06. The second-order valence-corrected chi connectivity index (χ2v) is 8.11. The van der Waals surface area contributed by atoms with Crippen molar-refractivity contribution in [2.24, 2.45) is 4.99 Å². The number of nitrogens with zero attached hydrogens (tertiary/aromatic N) is 2. The maximum atomic E-state index is 6.15. The van der Waals surface area contributed by atoms with Gasteiger partial charge in [0.05, 0.1) is 25.4 Å². The largest absolute Gasteiger partial charge is 0.494 e. The number of rotatable bonds is 10. The first kappa shape index (κ1) is 26.2. The van der Waals surface area contributed by atoms with Crippen LogP contribution in [0, 0.1) is 0 Å². The molecule has 2 fully saturated rings. The second kappa shape index (κ2) is 15.7. The number of unbranched alkanes of at least 4 members (excludes halogenated alkanes) is 1. The summed E-state index contributed by atoms with van der Waals surface area (Å²) in [6.07, 6.45) is 8.43. The van der Waals surface area contributed by atoms with Crippen molar-refractivity contribution in [1.82, 2.24) is 10.2 Å². The first-order chi connectivity index (χ1) is 14.8. The van der Waals surface area contributed by atoms with Gasteiger partial charge in [0.15, 0.2) is 5.96 Å². The highest BCUT2D eigenvalue weighted by molar-refractivity contribution is 14.0. The van der Waals surface area contributed by atoms with Crippen LogP contribution in [-0.4, -0.2) is 69.1 Å². The lowest BCUT2D eigenvalue weighted by molar-refractivity contribution is -0.0721. The van der Waals surface area contributed by atoms with E-state index in [1.807, 2.05) is 30.3 Å². The summed E-state index contributed by atoms with van der Waals surface area (Å²) < 4.78 is 17.7. The van der Waals surface area contributed by atoms with E-state index < -0.39 is 0 Å². The predicted molar refractivity (Wildman–Crippen MR) is 137 cm³/mol. The summed E-state index contributed by atoms with van der Waals surface area (Å²) in [6.45, 7) is 8.24. The van der Waals surface area contributed by atoms with E-state index in [0.717, 1.165) is 89.8 Å². The van der Waals surface area contributed by atoms with Crippen LogP contribution in [0.15, 0.2) is 35.3 Å². The average Bonchev–Trinajstić information content (AvgIpc) is 2.81. The fourth-order valence-corrected chi connectivity index (χ4v) is 3.95. The fraction of sp³-hybridized carbons (Fsp3) is 0.708. The summed E-state index contributed by atoms with van der Waals surface area (Å²) in [6, 6.07) is 10.00. The minimum atomic E-state index is 0. The van der Waals surface area contributed by atoms with Gasteiger partial charge in [0, 0.05) is 32.8 Å². The second-order valence-electron chi connectivity index (χ2n) is 8.11. The highest BCUT2D eigenvalue weighted by Crippen LogP contribution is 2.18. The molecule has 0 amide bonds. The Balaban J connectivity index is 0.00000341. The summed E-state index contributed by atoms with van der Waals surface area (Å²) in [5, 5.41) is 3.45. The predicted octanol–water partition coefficient (Wildman–Crippen LogP) is 4.48. The number of guanidine groups is 1. The summed E-state index contributed by atoms with van der Waals surface area (Å²) in [4.78, 5) is 7.22. The number of likely N-dealkylation sites (tertiary alicyclic amines) is 1. The molecule has 2 saturated heterocycles. The number of piperidine rings is 1. The smallest absolute Gasteiger partial charge is 0.193 e. The van der Waals surface area contributed by atoms with Gasteiger partial charge in [-0.3, -0.25) is 4.99 Å². The van der Waals surface area contributed by atoms with Gasteiger partial charge in [-0.15, -0.1) is 24.0 Å². The third-order valence-electron chi connectivity index (χ3n) is 5.69. The Morgan fingerprint density at radius 3 is 2.65 bits per heavy atom. The van der Waals surface area contributed by atoms with Crippen molar-refractivity contribution in [3.8, 4) is 5.75 Å². The van der Waals surface area contributed by atoms with Crippen LogP contribution in [0.3, 0.4) is 0 Å². The number of nitrogens with one attached hydrogen (secondary N) is 1. The number of para-hydroxylation sites is 1. The van der Waals surface area contributed by atoms with Crippen molar-refractivity contribution in [3.05, 3.63) is 30.3 Å². The lowest BCUT2D eigenvalue weighted by Gasteiger charge is -2.35. The quantitative estimate of drug-likeness (QED) is 0.204. The van der Waals surface area contributed by atoms with E-state index >= 15 is 0 Å². The Morgan fingerprint density at radius 1 is 1.13 bits per heavy atom. The van der Waals surface area contributed by atoms with Crippen LogP contribution in [0.4, 0.5) is 0 Å². The van der Waals surface area contributed by atoms with Crippen molar-refractivity contribution in [2.75, 3.05) is 46.0 Å². The van der Waals surface area contributed by atoms with Crippen LogP contribution in [0.1, 0.15) is 51.9 Å². The molecule has 2 aliphatic rings. The molecule has 0 spiro atoms. The van der Waals surface area contributed by atoms with Gasteiger partial charge < -0.3 is 24.4 Å². The number of ether oxygens (including phenoxy) is 3. The molecule has 1 aromatic carbocycles. The topological polar surface area (TPSA) is 55.3 Å². The van der Waals surface area contributed by atoms with E-state index in [1.165, 1.54) is 12.8 Å². The van der Waals surface area contributed by atoms with E-state index in [-0.39, 0.29) is 24.0 Å². The van der Waals surface area contributed by atoms with E-state index in [0.29, 0.717) is 12.2 Å². The maximum Gasteiger partial charge on any atom is 0.193 e. The molecule has 1 aromatic rings. The summed E-state index contributed by atoms with van der Waals surface area (Å²) >= 11 is 0. The zero-order valence-electron chi connectivity index (χ0n) is 19.0. The summed E-state index contributed by atoms with van der Waals surface area (Å²) in [7, 11) is 0. The van der Waals surface area contributed by atoms with E-state index in [9.17, 15) is 0 Å². The summed E-state index contributed by atoms with van der Waals surface area (Å²) in [5.41, 5.74) is 0. The normalized spacial score (nSPS) is 20.2. The number of hydrogen-bond acceptors (Lipinski definition) is 4. The SMILES string of the molecule is CCNC(=NCCCCOc1ccccc1)N1CCC(OCC2CCCCO2)CC1.I. The number of benzene rings is 1. The van der Waals surface area contributed by atoms with Gasteiger partial charge in [0.1, 0.15) is 5.75 Å². The molecule has 2 heterocycles. The van der Waals surface area contributed by atoms with Gasteiger partial charge >= 0.3 is 0 Å². The maximum absolute atomic E-state index is 6.15. The average molecular weight is 546 g/mol. The van der Waals surface area contributed by atoms with Gasteiger partial charge in [-0.25, -0.2) is 0 Å². The molecule has 2 aliphatic heterocycles. The lowest BCUT2D eigenvalue weighted by Crippen LogP contribution is -2.47. The first-order valence-electron chi connectivity index (χ1n) is 11.8. The molecule has 1 N–H and O–H groups in total. The minimum Gasteiger partial charge on any atom is -0.494 e. The van der Waals surface area contributed by atoms with Gasteiger partial charge in [-0.05, 0) is 64.0 Å². The van der Waals surface area contributed by atoms with Crippen LogP contribution in [-0.2, 0) is 9.47 Å². The number of halogens is 1. The molecule has 1 atom stereocenters. The zero-order valence-corrected chi connectivity index (χ0v) is 21.3. The standard InChI is InChI=1S/C24H39N3O3.HI/c1-2-25-24(26-15-7-9-19-28-21-10-4-3-5-11-21)27-16-13-22(14-17-27)30-20-23-12-6-8-18-29-23;/h3-5,10-11,22-23H,2,6-9,12-20H2,1H3,(H,25,26);1H. The molecule has 7 heteroatoms. The Bertz CT molecular complexity index is 603. The highest BCUT2D eigenvalue weighted by atomic mass is 127. The Morgan fingerprint density at radius 2 is 1.94 bits per heavy atom. The highest BCUT2D eigenvalue weighted by Gasteiger charge is 2.23. The molecule has 0 aromatic heterocycles. The number of hydrogen-bond donors (Lipinski definition) is 1. The minimum absolute atomic E-state index is 0. The lowest BCUT2D eigenvalue weighted by atomic mass is 10.1. The molecule has 1 unspecified atom stereocenters. The monoisotopic (exact) mass is 545 g/mol. The molecule has 6 nitrogen and oxygen atoms in total. The van der Waals surface area contributed by atoms with Gasteiger partial charge in [0.2, 0.25) is 0 Å². The Labute approximate surface area is 205 Å². The molecule has 0 bridgehead atoms. The molecule has 3 rings (SSSR count). The van der Waals surface area contributed by atoms with Crippen molar-refractivity contribution in [1.29, 1.82) is 0 Å². The molecule has 176 valence electrons. The van der Waals surface area contributed by atoms with Crippen molar-refractivity contribution < 1.29 is 14.2 Å². The molecule has 31 heavy (non-hydrogen) atoms. The van der Waals surface area contributed by atoms with Crippen LogP contribution >= 0.6 is 24.0 Å². The first-order valence-corrected chi connectivity index (χ1v) is 11.8. The van der Waals surface area contributed by atoms with Crippen molar-refractivity contribution in [2.45, 2.75) is 64.1 Å². The van der Waals surface area contributed by atoms with Crippen molar-refractivity contribution >= 4 is 29.9 Å². The Kier molecular flexibility index (Phi) is 13.3. The van der Waals surface area contributed by atoms with Gasteiger partial charge in [-0.2, -0.15) is 0 Å². The van der Waals surface area contributed by atoms with E-state index in [1.54, 1.807) is 0 Å². The number of aliphatic imine (C=N–C) groups is 1. The molecule has 0 aliphatic carbocycles. The van der Waals surface area contributed by atoms with Crippen LogP contribution in [0.25, 0.3) is 0 Å². The van der Waals surface area contributed by atoms with E-state index in [2.05, 4.69) is 17.1 Å². The third-order valence-corrected chi connectivity index (χ3v) is 5.69. The molecule has 0 radical (unpaired) electrons. The third kappa shape index (κ3) is 9.95. The molecular weight excluding hydrogens is 505 g/mol. The summed E-state index contributed by atoms with van der Waals surface area (Å²) in [5.74, 6) is 1.98. The molecule has 0 saturated carbocycles.